The first-order valence-electron chi connectivity index (χ1n) is 5.25. The number of phenolic OH excluding ortho intramolecular Hbond substituents is 1. The van der Waals surface area contributed by atoms with E-state index in [1.807, 2.05) is 4.90 Å². The number of ether oxygens (including phenoxy) is 1. The van der Waals surface area contributed by atoms with Gasteiger partial charge in [-0.2, -0.15) is 4.98 Å². The van der Waals surface area contributed by atoms with E-state index in [2.05, 4.69) is 4.98 Å². The van der Waals surface area contributed by atoms with Gasteiger partial charge >= 0.3 is 0 Å². The third kappa shape index (κ3) is 1.59. The number of morpholine rings is 1. The van der Waals surface area contributed by atoms with Gasteiger partial charge < -0.3 is 19.2 Å². The van der Waals surface area contributed by atoms with Gasteiger partial charge in [0.2, 0.25) is 0 Å². The molecule has 0 unspecified atom stereocenters. The first-order chi connectivity index (χ1) is 7.83. The van der Waals surface area contributed by atoms with E-state index in [4.69, 9.17) is 9.15 Å². The minimum atomic E-state index is 0.192. The Morgan fingerprint density at radius 2 is 2.06 bits per heavy atom. The van der Waals surface area contributed by atoms with Crippen LogP contribution in [0.5, 0.6) is 5.75 Å². The van der Waals surface area contributed by atoms with Gasteiger partial charge in [0.05, 0.1) is 13.2 Å². The highest BCUT2D eigenvalue weighted by Crippen LogP contribution is 2.25. The third-order valence-electron chi connectivity index (χ3n) is 2.64. The van der Waals surface area contributed by atoms with E-state index in [0.29, 0.717) is 24.8 Å². The molecule has 84 valence electrons. The Hall–Kier alpha value is -1.75. The number of oxazole rings is 1. The zero-order valence-electron chi connectivity index (χ0n) is 8.72. The second-order valence-electron chi connectivity index (χ2n) is 3.75. The lowest BCUT2D eigenvalue weighted by Crippen LogP contribution is -2.36. The normalized spacial score (nSPS) is 16.9. The molecular formula is C11H12N2O3. The molecule has 5 nitrogen and oxygen atoms in total. The van der Waals surface area contributed by atoms with E-state index in [0.717, 1.165) is 18.6 Å². The number of nitrogens with zero attached hydrogens (tertiary/aromatic N) is 2. The number of hydrogen-bond donors (Lipinski definition) is 1. The molecule has 1 N–H and O–H groups in total. The summed E-state index contributed by atoms with van der Waals surface area (Å²) >= 11 is 0. The van der Waals surface area contributed by atoms with Crippen LogP contribution >= 0.6 is 0 Å². The molecule has 0 atom stereocenters. The molecule has 1 aromatic heterocycles. The van der Waals surface area contributed by atoms with Crippen LogP contribution in [0, 0.1) is 0 Å². The van der Waals surface area contributed by atoms with E-state index >= 15 is 0 Å². The van der Waals surface area contributed by atoms with Crippen molar-refractivity contribution in [2.45, 2.75) is 0 Å². The smallest absolute Gasteiger partial charge is 0.298 e. The molecule has 3 rings (SSSR count). The number of aromatic hydroxyl groups is 1. The standard InChI is InChI=1S/C11H12N2O3/c14-8-1-2-9-10(7-8)16-11(12-9)13-3-5-15-6-4-13/h1-2,7,14H,3-6H2. The van der Waals surface area contributed by atoms with Gasteiger partial charge in [0.15, 0.2) is 5.58 Å². The van der Waals surface area contributed by atoms with Crippen LogP contribution in [0.3, 0.4) is 0 Å². The Morgan fingerprint density at radius 3 is 2.88 bits per heavy atom. The Kier molecular flexibility index (Phi) is 2.18. The summed E-state index contributed by atoms with van der Waals surface area (Å²) in [4.78, 5) is 6.41. The van der Waals surface area contributed by atoms with E-state index in [9.17, 15) is 5.11 Å². The highest BCUT2D eigenvalue weighted by atomic mass is 16.5. The fourth-order valence-corrected chi connectivity index (χ4v) is 1.79. The minimum Gasteiger partial charge on any atom is -0.508 e. The quantitative estimate of drug-likeness (QED) is 0.786. The van der Waals surface area contributed by atoms with E-state index < -0.39 is 0 Å². The second-order valence-corrected chi connectivity index (χ2v) is 3.75. The first-order valence-corrected chi connectivity index (χ1v) is 5.25. The molecule has 0 spiro atoms. The third-order valence-corrected chi connectivity index (χ3v) is 2.64. The highest BCUT2D eigenvalue weighted by molar-refractivity contribution is 5.76. The average Bonchev–Trinajstić information content (AvgIpc) is 2.73. The molecule has 1 aliphatic rings. The summed E-state index contributed by atoms with van der Waals surface area (Å²) in [5, 5.41) is 9.33. The molecule has 0 amide bonds. The maximum atomic E-state index is 9.33. The summed E-state index contributed by atoms with van der Waals surface area (Å²) in [5.74, 6) is 0.192. The maximum absolute atomic E-state index is 9.33. The summed E-state index contributed by atoms with van der Waals surface area (Å²) in [6, 6.07) is 5.53. The molecule has 5 heteroatoms. The molecule has 2 aromatic rings. The molecule has 1 aromatic carbocycles. The van der Waals surface area contributed by atoms with Crippen LogP contribution in [0.4, 0.5) is 6.01 Å². The summed E-state index contributed by atoms with van der Waals surface area (Å²) in [7, 11) is 0. The number of aromatic nitrogens is 1. The van der Waals surface area contributed by atoms with E-state index in [-0.39, 0.29) is 5.75 Å². The Morgan fingerprint density at radius 1 is 1.25 bits per heavy atom. The SMILES string of the molecule is Oc1ccc2nc(N3CCOCC3)oc2c1. The number of anilines is 1. The zero-order chi connectivity index (χ0) is 11.0. The largest absolute Gasteiger partial charge is 0.508 e. The van der Waals surface area contributed by atoms with E-state index in [1.165, 1.54) is 0 Å². The van der Waals surface area contributed by atoms with Crippen molar-refractivity contribution in [2.24, 2.45) is 0 Å². The lowest BCUT2D eigenvalue weighted by atomic mass is 10.3. The van der Waals surface area contributed by atoms with Gasteiger partial charge in [0, 0.05) is 19.2 Å². The molecule has 1 saturated heterocycles. The second kappa shape index (κ2) is 3.68. The zero-order valence-corrected chi connectivity index (χ0v) is 8.72. The van der Waals surface area contributed by atoms with Crippen LogP contribution in [0.15, 0.2) is 22.6 Å². The van der Waals surface area contributed by atoms with Crippen LogP contribution in [0.2, 0.25) is 0 Å². The van der Waals surface area contributed by atoms with Crippen LogP contribution in [-0.2, 0) is 4.74 Å². The number of benzene rings is 1. The molecule has 0 aliphatic carbocycles. The molecule has 16 heavy (non-hydrogen) atoms. The summed E-state index contributed by atoms with van der Waals surface area (Å²) in [5.41, 5.74) is 1.38. The Balaban J connectivity index is 1.97. The summed E-state index contributed by atoms with van der Waals surface area (Å²) < 4.78 is 10.9. The van der Waals surface area contributed by atoms with Gasteiger partial charge in [-0.3, -0.25) is 0 Å². The van der Waals surface area contributed by atoms with Crippen molar-refractivity contribution in [3.05, 3.63) is 18.2 Å². The van der Waals surface area contributed by atoms with Gasteiger partial charge in [0.1, 0.15) is 11.3 Å². The highest BCUT2D eigenvalue weighted by Gasteiger charge is 2.16. The maximum Gasteiger partial charge on any atom is 0.298 e. The monoisotopic (exact) mass is 220 g/mol. The number of hydrogen-bond acceptors (Lipinski definition) is 5. The van der Waals surface area contributed by atoms with Crippen LogP contribution < -0.4 is 4.90 Å². The summed E-state index contributed by atoms with van der Waals surface area (Å²) in [6.45, 7) is 2.98. The van der Waals surface area contributed by atoms with E-state index in [1.54, 1.807) is 18.2 Å². The molecule has 1 fully saturated rings. The van der Waals surface area contributed by atoms with Crippen LogP contribution in [0.25, 0.3) is 11.1 Å². The Labute approximate surface area is 92.2 Å². The first kappa shape index (κ1) is 9.47. The molecule has 0 bridgehead atoms. The van der Waals surface area contributed by atoms with Crippen molar-refractivity contribution in [1.29, 1.82) is 0 Å². The van der Waals surface area contributed by atoms with Crippen molar-refractivity contribution in [1.82, 2.24) is 4.98 Å². The predicted molar refractivity (Wildman–Crippen MR) is 58.7 cm³/mol. The number of phenols is 1. The van der Waals surface area contributed by atoms with Gasteiger partial charge in [-0.05, 0) is 12.1 Å². The predicted octanol–water partition coefficient (Wildman–Crippen LogP) is 1.37. The van der Waals surface area contributed by atoms with Crippen LogP contribution in [0.1, 0.15) is 0 Å². The fourth-order valence-electron chi connectivity index (χ4n) is 1.79. The molecular weight excluding hydrogens is 208 g/mol. The number of rotatable bonds is 1. The average molecular weight is 220 g/mol. The number of fused-ring (bicyclic) bond motifs is 1. The van der Waals surface area contributed by atoms with Crippen molar-refractivity contribution >= 4 is 17.1 Å². The Bertz CT molecular complexity index is 503. The molecule has 2 heterocycles. The molecule has 0 radical (unpaired) electrons. The minimum absolute atomic E-state index is 0.192. The van der Waals surface area contributed by atoms with Gasteiger partial charge in [-0.15, -0.1) is 0 Å². The summed E-state index contributed by atoms with van der Waals surface area (Å²) in [6.07, 6.45) is 0. The van der Waals surface area contributed by atoms with Crippen molar-refractivity contribution in [2.75, 3.05) is 31.2 Å². The van der Waals surface area contributed by atoms with Gasteiger partial charge in [0.25, 0.3) is 6.01 Å². The topological polar surface area (TPSA) is 58.7 Å². The molecule has 0 saturated carbocycles. The van der Waals surface area contributed by atoms with Gasteiger partial charge in [-0.1, -0.05) is 0 Å². The molecule has 1 aliphatic heterocycles. The van der Waals surface area contributed by atoms with Crippen molar-refractivity contribution in [3.8, 4) is 5.75 Å². The van der Waals surface area contributed by atoms with Gasteiger partial charge in [-0.25, -0.2) is 0 Å². The van der Waals surface area contributed by atoms with Crippen LogP contribution in [-0.4, -0.2) is 36.4 Å². The lowest BCUT2D eigenvalue weighted by Gasteiger charge is -2.24. The van der Waals surface area contributed by atoms with Crippen molar-refractivity contribution < 1.29 is 14.3 Å². The van der Waals surface area contributed by atoms with Crippen molar-refractivity contribution in [3.63, 3.8) is 0 Å². The lowest BCUT2D eigenvalue weighted by molar-refractivity contribution is 0.120. The fraction of sp³-hybridized carbons (Fsp3) is 0.364.